The Morgan fingerprint density at radius 2 is 0.635 bits per heavy atom. The summed E-state index contributed by atoms with van der Waals surface area (Å²) in [5.41, 5.74) is 16.1. The summed E-state index contributed by atoms with van der Waals surface area (Å²) in [6.45, 7) is 8.01. The van der Waals surface area contributed by atoms with Crippen molar-refractivity contribution in [2.45, 2.75) is 0 Å². The zero-order chi connectivity index (χ0) is 49.5. The van der Waals surface area contributed by atoms with E-state index < -0.39 is 0 Å². The third-order valence-electron chi connectivity index (χ3n) is 14.2. The van der Waals surface area contributed by atoms with E-state index >= 15 is 0 Å². The minimum Gasteiger partial charge on any atom is -0.455 e. The molecule has 0 aliphatic carbocycles. The summed E-state index contributed by atoms with van der Waals surface area (Å²) in [5.74, 6) is 1.60. The van der Waals surface area contributed by atoms with Gasteiger partial charge in [0, 0.05) is 66.5 Å². The molecule has 0 aliphatic heterocycles. The van der Waals surface area contributed by atoms with Crippen molar-refractivity contribution in [1.82, 2.24) is 0 Å². The zero-order valence-corrected chi connectivity index (χ0v) is 40.5. The number of hydrogen-bond acceptors (Lipinski definition) is 4. The molecular weight excluding hydrogens is 901 g/mol. The van der Waals surface area contributed by atoms with Crippen molar-refractivity contribution in [3.05, 3.63) is 279 Å². The molecule has 2 aromatic heterocycles. The molecule has 4 nitrogen and oxygen atoms in total. The highest BCUT2D eigenvalue weighted by atomic mass is 16.3. The lowest BCUT2D eigenvalue weighted by Gasteiger charge is -2.27. The maximum atomic E-state index is 7.07. The van der Waals surface area contributed by atoms with Crippen molar-refractivity contribution < 1.29 is 8.83 Å². The summed E-state index contributed by atoms with van der Waals surface area (Å²) in [6.07, 6.45) is 3.76. The fraction of sp³-hybridized carbons (Fsp3) is 0. The smallest absolute Gasteiger partial charge is 0.143 e. The Labute approximate surface area is 430 Å². The van der Waals surface area contributed by atoms with Gasteiger partial charge >= 0.3 is 0 Å². The summed E-state index contributed by atoms with van der Waals surface area (Å²) >= 11 is 0. The second-order valence-corrected chi connectivity index (χ2v) is 18.5. The monoisotopic (exact) mass is 948 g/mol. The van der Waals surface area contributed by atoms with Crippen molar-refractivity contribution in [1.29, 1.82) is 0 Å². The topological polar surface area (TPSA) is 32.8 Å². The number of benzene rings is 11. The van der Waals surface area contributed by atoms with Crippen LogP contribution in [0, 0.1) is 0 Å². The van der Waals surface area contributed by atoms with Crippen molar-refractivity contribution in [3.63, 3.8) is 0 Å². The molecule has 4 heteroatoms. The van der Waals surface area contributed by atoms with Crippen LogP contribution in [0.1, 0.15) is 11.1 Å². The predicted octanol–water partition coefficient (Wildman–Crippen LogP) is 20.4. The molecule has 0 saturated carbocycles. The summed E-state index contributed by atoms with van der Waals surface area (Å²) in [5, 5.41) is 6.65. The number of hydrogen-bond donors (Lipinski definition) is 0. The third-order valence-corrected chi connectivity index (χ3v) is 14.2. The van der Waals surface area contributed by atoms with Gasteiger partial charge in [-0.3, -0.25) is 0 Å². The Hall–Kier alpha value is -9.90. The minimum absolute atomic E-state index is 0.776. The second kappa shape index (κ2) is 18.7. The zero-order valence-electron chi connectivity index (χ0n) is 40.5. The van der Waals surface area contributed by atoms with E-state index in [9.17, 15) is 0 Å². The molecule has 350 valence electrons. The lowest BCUT2D eigenvalue weighted by molar-refractivity contribution is 0.628. The standard InChI is InChI=1S/C70H48N2O2/c1-3-47-29-37-55(38-30-47)71(63-27-15-23-49-17-11-13-25-59(49)63)57-41-33-51(34-42-57)67-61-45-66-62(46-65(61)73-69(67)53-19-7-5-8-20-53)68(70(74-66)54-21-9-6-10-22-54)52-35-43-58(44-36-52)72(56-39-31-48(4-2)32-40-56)64-28-16-24-50-18-12-14-26-60(50)64/h3-46H,1-2H2. The second-order valence-electron chi connectivity index (χ2n) is 18.5. The predicted molar refractivity (Wildman–Crippen MR) is 312 cm³/mol. The van der Waals surface area contributed by atoms with Gasteiger partial charge in [0.1, 0.15) is 22.7 Å². The van der Waals surface area contributed by atoms with Crippen LogP contribution in [0.15, 0.2) is 277 Å². The minimum atomic E-state index is 0.776. The van der Waals surface area contributed by atoms with Crippen LogP contribution in [0.2, 0.25) is 0 Å². The van der Waals surface area contributed by atoms with Crippen LogP contribution in [0.25, 0.3) is 101 Å². The number of rotatable bonds is 12. The van der Waals surface area contributed by atoms with Crippen LogP contribution >= 0.6 is 0 Å². The average molecular weight is 949 g/mol. The van der Waals surface area contributed by atoms with E-state index in [1.807, 2.05) is 24.3 Å². The van der Waals surface area contributed by atoms with Gasteiger partial charge in [0.05, 0.1) is 11.4 Å². The summed E-state index contributed by atoms with van der Waals surface area (Å²) in [4.78, 5) is 4.66. The first-order valence-electron chi connectivity index (χ1n) is 25.0. The van der Waals surface area contributed by atoms with Gasteiger partial charge in [0.25, 0.3) is 0 Å². The van der Waals surface area contributed by atoms with Crippen molar-refractivity contribution in [3.8, 4) is 44.9 Å². The highest BCUT2D eigenvalue weighted by Crippen LogP contribution is 2.49. The van der Waals surface area contributed by atoms with E-state index in [4.69, 9.17) is 8.83 Å². The molecule has 0 N–H and O–H groups in total. The Kier molecular flexibility index (Phi) is 11.1. The van der Waals surface area contributed by atoms with E-state index in [-0.39, 0.29) is 0 Å². The number of anilines is 6. The Bertz CT molecular complexity index is 3900. The van der Waals surface area contributed by atoms with Gasteiger partial charge in [-0.1, -0.05) is 207 Å². The number of fused-ring (bicyclic) bond motifs is 4. The van der Waals surface area contributed by atoms with Gasteiger partial charge in [-0.05, 0) is 106 Å². The van der Waals surface area contributed by atoms with Crippen molar-refractivity contribution in [2.24, 2.45) is 0 Å². The first-order chi connectivity index (χ1) is 36.6. The Balaban J connectivity index is 0.957. The Morgan fingerprint density at radius 1 is 0.297 bits per heavy atom. The van der Waals surface area contributed by atoms with Gasteiger partial charge in [0.2, 0.25) is 0 Å². The number of nitrogens with zero attached hydrogens (tertiary/aromatic N) is 2. The normalized spacial score (nSPS) is 11.4. The molecule has 13 rings (SSSR count). The number of furan rings is 2. The molecule has 0 saturated heterocycles. The lowest BCUT2D eigenvalue weighted by Crippen LogP contribution is -2.10. The third kappa shape index (κ3) is 7.83. The molecule has 2 heterocycles. The molecule has 74 heavy (non-hydrogen) atoms. The molecule has 0 spiro atoms. The molecular formula is C70H48N2O2. The lowest BCUT2D eigenvalue weighted by atomic mass is 9.95. The molecule has 0 atom stereocenters. The maximum absolute atomic E-state index is 7.07. The van der Waals surface area contributed by atoms with Crippen LogP contribution < -0.4 is 9.80 Å². The molecule has 0 unspecified atom stereocenters. The SMILES string of the molecule is C=Cc1ccc(N(c2ccc(-c3c(-c4ccccc4)oc4cc5c(-c6ccc(N(c7ccc(C=C)cc7)c7cccc8ccccc78)cc6)c(-c6ccccc6)oc5cc34)cc2)c2cccc3ccccc23)cc1. The molecule has 0 radical (unpaired) electrons. The van der Waals surface area contributed by atoms with E-state index in [1.165, 1.54) is 21.5 Å². The average Bonchev–Trinajstić information content (AvgIpc) is 4.04. The van der Waals surface area contributed by atoms with Crippen LogP contribution in [0.4, 0.5) is 34.1 Å². The molecule has 0 fully saturated rings. The van der Waals surface area contributed by atoms with E-state index in [1.54, 1.807) is 0 Å². The summed E-state index contributed by atoms with van der Waals surface area (Å²) < 4.78 is 14.1. The van der Waals surface area contributed by atoms with Gasteiger partial charge < -0.3 is 18.6 Å². The van der Waals surface area contributed by atoms with Crippen molar-refractivity contribution >= 4 is 89.8 Å². The molecule has 0 aliphatic rings. The Morgan fingerprint density at radius 3 is 1.01 bits per heavy atom. The van der Waals surface area contributed by atoms with Crippen LogP contribution in [0.5, 0.6) is 0 Å². The summed E-state index contributed by atoms with van der Waals surface area (Å²) in [6, 6.07) is 90.1. The largest absolute Gasteiger partial charge is 0.455 e. The van der Waals surface area contributed by atoms with Gasteiger partial charge in [-0.15, -0.1) is 0 Å². The first kappa shape index (κ1) is 44.1. The fourth-order valence-electron chi connectivity index (χ4n) is 10.6. The highest BCUT2D eigenvalue weighted by molar-refractivity contribution is 6.12. The molecule has 11 aromatic carbocycles. The fourth-order valence-corrected chi connectivity index (χ4v) is 10.6. The molecule has 13 aromatic rings. The van der Waals surface area contributed by atoms with E-state index in [2.05, 4.69) is 266 Å². The molecule has 0 amide bonds. The van der Waals surface area contributed by atoms with Crippen LogP contribution in [-0.4, -0.2) is 0 Å². The van der Waals surface area contributed by atoms with Gasteiger partial charge in [-0.2, -0.15) is 0 Å². The quantitative estimate of drug-likeness (QED) is 0.122. The van der Waals surface area contributed by atoms with Crippen LogP contribution in [0.3, 0.4) is 0 Å². The van der Waals surface area contributed by atoms with Crippen LogP contribution in [-0.2, 0) is 0 Å². The highest BCUT2D eigenvalue weighted by Gasteiger charge is 2.25. The summed E-state index contributed by atoms with van der Waals surface area (Å²) in [7, 11) is 0. The molecule has 0 bridgehead atoms. The van der Waals surface area contributed by atoms with E-state index in [0.29, 0.717) is 0 Å². The van der Waals surface area contributed by atoms with Crippen molar-refractivity contribution in [2.75, 3.05) is 9.80 Å². The van der Waals surface area contributed by atoms with E-state index in [0.717, 1.165) is 112 Å². The first-order valence-corrected chi connectivity index (χ1v) is 25.0. The van der Waals surface area contributed by atoms with Gasteiger partial charge in [-0.25, -0.2) is 0 Å². The maximum Gasteiger partial charge on any atom is 0.143 e. The van der Waals surface area contributed by atoms with Gasteiger partial charge in [0.15, 0.2) is 0 Å².